The van der Waals surface area contributed by atoms with Gasteiger partial charge in [0.25, 0.3) is 11.8 Å². The zero-order valence-corrected chi connectivity index (χ0v) is 47.8. The van der Waals surface area contributed by atoms with Crippen LogP contribution in [0.3, 0.4) is 0 Å². The van der Waals surface area contributed by atoms with Crippen LogP contribution in [0.15, 0.2) is 84.9 Å². The van der Waals surface area contributed by atoms with E-state index in [4.69, 9.17) is 4.74 Å². The summed E-state index contributed by atoms with van der Waals surface area (Å²) in [4.78, 5) is 133. The number of rotatable bonds is 20. The van der Waals surface area contributed by atoms with Crippen molar-refractivity contribution in [2.24, 2.45) is 10.8 Å². The van der Waals surface area contributed by atoms with Crippen molar-refractivity contribution in [3.8, 4) is 0 Å². The van der Waals surface area contributed by atoms with Crippen molar-refractivity contribution in [3.63, 3.8) is 0 Å². The minimum Gasteiger partial charge on any atom is -0.468 e. The van der Waals surface area contributed by atoms with E-state index in [1.165, 1.54) is 48.3 Å². The van der Waals surface area contributed by atoms with Crippen LogP contribution < -0.4 is 42.5 Å². The van der Waals surface area contributed by atoms with Gasteiger partial charge in [-0.1, -0.05) is 116 Å². The number of likely N-dealkylation sites (N-methyl/N-ethyl adjacent to an activating group) is 3. The highest BCUT2D eigenvalue weighted by atomic mass is 16.5. The molecule has 0 spiro atoms. The van der Waals surface area contributed by atoms with Crippen LogP contribution in [-0.4, -0.2) is 167 Å². The molecule has 7 amide bonds. The second kappa shape index (κ2) is 31.1. The van der Waals surface area contributed by atoms with Crippen LogP contribution in [0.2, 0.25) is 0 Å². The Labute approximate surface area is 464 Å². The molecule has 22 heteroatoms. The number of nitrogens with one attached hydrogen (secondary N) is 8. The van der Waals surface area contributed by atoms with E-state index in [1.807, 2.05) is 44.2 Å². The molecular formula is C57H82N10O12. The number of aldehydes is 1. The highest BCUT2D eigenvalue weighted by molar-refractivity contribution is 5.99. The molecule has 0 radical (unpaired) electrons. The van der Waals surface area contributed by atoms with Crippen LogP contribution in [0, 0.1) is 10.8 Å². The second-order valence-corrected chi connectivity index (χ2v) is 20.9. The predicted molar refractivity (Wildman–Crippen MR) is 297 cm³/mol. The summed E-state index contributed by atoms with van der Waals surface area (Å²) in [5, 5.41) is 22.4. The van der Waals surface area contributed by atoms with Gasteiger partial charge in [0.2, 0.25) is 29.5 Å². The Morgan fingerprint density at radius 1 is 0.570 bits per heavy atom. The van der Waals surface area contributed by atoms with Crippen LogP contribution in [0.5, 0.6) is 0 Å². The van der Waals surface area contributed by atoms with Gasteiger partial charge >= 0.3 is 11.9 Å². The first-order chi connectivity index (χ1) is 37.4. The Morgan fingerprint density at radius 2 is 0.962 bits per heavy atom. The lowest BCUT2D eigenvalue weighted by Crippen LogP contribution is -2.58. The third-order valence-corrected chi connectivity index (χ3v) is 13.0. The Balaban J connectivity index is 0.000000947. The normalized spacial score (nSPS) is 18.2. The minimum absolute atomic E-state index is 0.00279. The lowest BCUT2D eigenvalue weighted by Gasteiger charge is -2.35. The Hall–Kier alpha value is -7.56. The van der Waals surface area contributed by atoms with Crippen LogP contribution in [-0.2, 0) is 47.8 Å². The van der Waals surface area contributed by atoms with Gasteiger partial charge in [0.1, 0.15) is 30.5 Å². The Bertz CT molecular complexity index is 2540. The molecule has 2 fully saturated rings. The van der Waals surface area contributed by atoms with Gasteiger partial charge in [-0.25, -0.2) is 9.59 Å². The maximum Gasteiger partial charge on any atom is 0.333 e. The summed E-state index contributed by atoms with van der Waals surface area (Å²) in [6.45, 7) is 14.6. The SMILES string of the molecule is CC.CNC(C(=O)OC)c1ccccc1.CNCC(=O)NC(C(=O)N1CC(NC(=O)c2ccc(C(=O)NC3CC(C(=O)NC(C(=O)OC)c4ccccc4)N(C(=O)C(NC(=O)CNC)C(C)(C)C)C3)cc2)CC1C=O)C(C)(C)C. The van der Waals surface area contributed by atoms with E-state index in [2.05, 4.69) is 47.3 Å². The molecule has 432 valence electrons. The van der Waals surface area contributed by atoms with Gasteiger partial charge in [0.05, 0.1) is 33.4 Å². The number of ether oxygens (including phenoxy) is 2. The van der Waals surface area contributed by atoms with Crippen molar-refractivity contribution < 1.29 is 57.4 Å². The van der Waals surface area contributed by atoms with Crippen molar-refractivity contribution in [2.75, 3.05) is 61.5 Å². The number of hydrogen-bond donors (Lipinski definition) is 8. The quantitative estimate of drug-likeness (QED) is 0.0593. The van der Waals surface area contributed by atoms with Crippen molar-refractivity contribution in [1.82, 2.24) is 52.3 Å². The topological polar surface area (TPSA) is 292 Å². The number of methoxy groups -OCH3 is 2. The maximum absolute atomic E-state index is 14.3. The summed E-state index contributed by atoms with van der Waals surface area (Å²) in [6.07, 6.45) is 0.781. The lowest BCUT2D eigenvalue weighted by molar-refractivity contribution is -0.147. The molecule has 79 heavy (non-hydrogen) atoms. The van der Waals surface area contributed by atoms with Crippen LogP contribution >= 0.6 is 0 Å². The molecule has 2 aliphatic rings. The summed E-state index contributed by atoms with van der Waals surface area (Å²) < 4.78 is 9.64. The van der Waals surface area contributed by atoms with Gasteiger partial charge in [-0.3, -0.25) is 33.6 Å². The zero-order valence-electron chi connectivity index (χ0n) is 47.8. The van der Waals surface area contributed by atoms with E-state index in [-0.39, 0.29) is 68.1 Å². The fourth-order valence-electron chi connectivity index (χ4n) is 8.93. The molecule has 0 saturated carbocycles. The van der Waals surface area contributed by atoms with Crippen LogP contribution in [0.4, 0.5) is 0 Å². The number of hydrogen-bond acceptors (Lipinski definition) is 15. The van der Waals surface area contributed by atoms with E-state index >= 15 is 0 Å². The number of nitrogens with zero attached hydrogens (tertiary/aromatic N) is 2. The van der Waals surface area contributed by atoms with Crippen molar-refractivity contribution in [2.45, 2.75) is 117 Å². The summed E-state index contributed by atoms with van der Waals surface area (Å²) in [7, 11) is 7.51. The van der Waals surface area contributed by atoms with E-state index in [0.717, 1.165) is 5.56 Å². The maximum atomic E-state index is 14.3. The van der Waals surface area contributed by atoms with Gasteiger partial charge in [-0.05, 0) is 80.2 Å². The van der Waals surface area contributed by atoms with Crippen molar-refractivity contribution >= 4 is 59.6 Å². The predicted octanol–water partition coefficient (Wildman–Crippen LogP) is 1.96. The fourth-order valence-corrected chi connectivity index (χ4v) is 8.93. The molecule has 2 aliphatic heterocycles. The molecule has 0 bridgehead atoms. The number of likely N-dealkylation sites (tertiary alicyclic amines) is 2. The molecule has 8 atom stereocenters. The molecular weight excluding hydrogens is 1020 g/mol. The molecule has 0 aromatic heterocycles. The highest BCUT2D eigenvalue weighted by Gasteiger charge is 2.47. The molecule has 22 nitrogen and oxygen atoms in total. The van der Waals surface area contributed by atoms with Crippen LogP contribution in [0.25, 0.3) is 0 Å². The summed E-state index contributed by atoms with van der Waals surface area (Å²) in [6, 6.07) is 16.9. The summed E-state index contributed by atoms with van der Waals surface area (Å²) >= 11 is 0. The molecule has 5 rings (SSSR count). The van der Waals surface area contributed by atoms with Gasteiger partial charge < -0.3 is 66.6 Å². The third kappa shape index (κ3) is 18.8. The molecule has 0 aliphatic carbocycles. The summed E-state index contributed by atoms with van der Waals surface area (Å²) in [5.74, 6) is -4.53. The second-order valence-electron chi connectivity index (χ2n) is 20.9. The van der Waals surface area contributed by atoms with Gasteiger partial charge in [-0.15, -0.1) is 0 Å². The van der Waals surface area contributed by atoms with E-state index in [1.54, 1.807) is 93.0 Å². The van der Waals surface area contributed by atoms with Crippen molar-refractivity contribution in [3.05, 3.63) is 107 Å². The molecule has 8 unspecified atom stereocenters. The lowest BCUT2D eigenvalue weighted by atomic mass is 9.85. The molecule has 2 heterocycles. The standard InChI is InChI=1S/C45H63N9O10.C10H13NO2.C2H6/c1-44(2,3)36(50-33(56)21-46-7)41(61)53-23-29(19-31(53)25-55)48-38(58)27-15-17-28(18-16-27)39(59)49-30-20-32(40(60)52-35(43(63)64-9)26-13-11-10-12-14-26)54(24-30)42(62)37(45(4,5)6)51-34(57)22-47-8;1-11-9(10(12)13-2)8-6-4-3-5-7-8;1-2/h10-18,25,29-32,35-37,46-47H,19-24H2,1-9H3,(H,48,58)(H,49,59)(H,50,56)(H,51,57)(H,52,60);3-7,9,11H,1-2H3;1-2H3. The van der Waals surface area contributed by atoms with E-state index in [9.17, 15) is 47.9 Å². The largest absolute Gasteiger partial charge is 0.468 e. The minimum atomic E-state index is -1.20. The number of esters is 2. The number of carbonyl (C=O) groups excluding carboxylic acids is 10. The Morgan fingerprint density at radius 3 is 1.35 bits per heavy atom. The van der Waals surface area contributed by atoms with E-state index < -0.39 is 94.5 Å². The average molecular weight is 1100 g/mol. The first-order valence-electron chi connectivity index (χ1n) is 26.3. The van der Waals surface area contributed by atoms with Gasteiger partial charge in [0, 0.05) is 36.3 Å². The van der Waals surface area contributed by atoms with Crippen molar-refractivity contribution in [1.29, 1.82) is 0 Å². The molecule has 3 aromatic carbocycles. The number of amides is 7. The fraction of sp³-hybridized carbons (Fsp3) is 0.509. The first-order valence-corrected chi connectivity index (χ1v) is 26.3. The third-order valence-electron chi connectivity index (χ3n) is 13.0. The highest BCUT2D eigenvalue weighted by Crippen LogP contribution is 2.29. The summed E-state index contributed by atoms with van der Waals surface area (Å²) in [5.41, 5.74) is 0.285. The van der Waals surface area contributed by atoms with Crippen LogP contribution in [0.1, 0.15) is 112 Å². The molecule has 3 aromatic rings. The Kier molecular flexibility index (Phi) is 25.9. The van der Waals surface area contributed by atoms with Gasteiger partial charge in [-0.2, -0.15) is 0 Å². The smallest absolute Gasteiger partial charge is 0.333 e. The van der Waals surface area contributed by atoms with Gasteiger partial charge in [0.15, 0.2) is 6.04 Å². The molecule has 8 N–H and O–H groups in total. The van der Waals surface area contributed by atoms with E-state index in [0.29, 0.717) is 11.8 Å². The number of benzene rings is 3. The monoisotopic (exact) mass is 1100 g/mol. The zero-order chi connectivity index (χ0) is 59.2. The average Bonchev–Trinajstić information content (AvgIpc) is 4.08. The first kappa shape index (κ1) is 65.7. The molecule has 2 saturated heterocycles. The number of carbonyl (C=O) groups is 10.